The lowest BCUT2D eigenvalue weighted by molar-refractivity contribution is 0.187. The SMILES string of the molecule is CN1CCCCC1CNS(=O)(=O)c1cc(N)ccc1F. The summed E-state index contributed by atoms with van der Waals surface area (Å²) in [6.07, 6.45) is 3.16. The summed E-state index contributed by atoms with van der Waals surface area (Å²) in [7, 11) is -1.90. The molecule has 7 heteroatoms. The van der Waals surface area contributed by atoms with Gasteiger partial charge in [0.05, 0.1) is 0 Å². The Hall–Kier alpha value is -1.18. The largest absolute Gasteiger partial charge is 0.399 e. The number of anilines is 1. The van der Waals surface area contributed by atoms with Crippen molar-refractivity contribution < 1.29 is 12.8 Å². The zero-order valence-corrected chi connectivity index (χ0v) is 12.3. The van der Waals surface area contributed by atoms with Crippen LogP contribution in [0.1, 0.15) is 19.3 Å². The molecule has 0 radical (unpaired) electrons. The third-order valence-corrected chi connectivity index (χ3v) is 5.11. The minimum Gasteiger partial charge on any atom is -0.399 e. The third kappa shape index (κ3) is 3.47. The van der Waals surface area contributed by atoms with Gasteiger partial charge in [0.1, 0.15) is 10.7 Å². The van der Waals surface area contributed by atoms with E-state index in [-0.39, 0.29) is 18.3 Å². The molecule has 1 heterocycles. The van der Waals surface area contributed by atoms with Gasteiger partial charge in [-0.1, -0.05) is 6.42 Å². The maximum absolute atomic E-state index is 13.6. The molecular weight excluding hydrogens is 281 g/mol. The molecule has 1 aromatic carbocycles. The topological polar surface area (TPSA) is 75.4 Å². The molecule has 20 heavy (non-hydrogen) atoms. The number of hydrogen-bond acceptors (Lipinski definition) is 4. The highest BCUT2D eigenvalue weighted by molar-refractivity contribution is 7.89. The molecule has 1 aliphatic rings. The summed E-state index contributed by atoms with van der Waals surface area (Å²) in [5, 5.41) is 0. The van der Waals surface area contributed by atoms with Crippen LogP contribution in [0.25, 0.3) is 0 Å². The number of sulfonamides is 1. The molecule has 2 rings (SSSR count). The number of benzene rings is 1. The Labute approximate surface area is 119 Å². The van der Waals surface area contributed by atoms with Crippen molar-refractivity contribution >= 4 is 15.7 Å². The fraction of sp³-hybridized carbons (Fsp3) is 0.538. The van der Waals surface area contributed by atoms with E-state index in [4.69, 9.17) is 5.73 Å². The van der Waals surface area contributed by atoms with E-state index >= 15 is 0 Å². The van der Waals surface area contributed by atoms with Crippen molar-refractivity contribution in [3.8, 4) is 0 Å². The van der Waals surface area contributed by atoms with Crippen LogP contribution in [0.2, 0.25) is 0 Å². The van der Waals surface area contributed by atoms with Gasteiger partial charge in [-0.15, -0.1) is 0 Å². The second-order valence-electron chi connectivity index (χ2n) is 5.17. The van der Waals surface area contributed by atoms with Gasteiger partial charge < -0.3 is 10.6 Å². The Morgan fingerprint density at radius 3 is 2.90 bits per heavy atom. The molecule has 0 bridgehead atoms. The Bertz CT molecular complexity index is 577. The maximum Gasteiger partial charge on any atom is 0.243 e. The second kappa shape index (κ2) is 6.07. The summed E-state index contributed by atoms with van der Waals surface area (Å²) in [6.45, 7) is 1.24. The van der Waals surface area contributed by atoms with Crippen molar-refractivity contribution in [3.05, 3.63) is 24.0 Å². The first-order valence-electron chi connectivity index (χ1n) is 6.65. The minimum absolute atomic E-state index is 0.155. The second-order valence-corrected chi connectivity index (χ2v) is 6.91. The molecule has 1 aliphatic heterocycles. The number of piperidine rings is 1. The number of halogens is 1. The van der Waals surface area contributed by atoms with Gasteiger partial charge in [0.2, 0.25) is 10.0 Å². The zero-order valence-electron chi connectivity index (χ0n) is 11.5. The monoisotopic (exact) mass is 301 g/mol. The summed E-state index contributed by atoms with van der Waals surface area (Å²) in [4.78, 5) is 1.73. The fourth-order valence-electron chi connectivity index (χ4n) is 2.41. The predicted molar refractivity (Wildman–Crippen MR) is 76.3 cm³/mol. The van der Waals surface area contributed by atoms with Gasteiger partial charge in [0.15, 0.2) is 0 Å². The summed E-state index contributed by atoms with van der Waals surface area (Å²) in [5.41, 5.74) is 5.74. The fourth-order valence-corrected chi connectivity index (χ4v) is 3.59. The molecule has 1 atom stereocenters. The molecule has 1 aromatic rings. The normalized spacial score (nSPS) is 21.0. The van der Waals surface area contributed by atoms with Crippen LogP contribution < -0.4 is 10.5 Å². The summed E-state index contributed by atoms with van der Waals surface area (Å²) < 4.78 is 40.4. The lowest BCUT2D eigenvalue weighted by atomic mass is 10.0. The van der Waals surface area contributed by atoms with Crippen LogP contribution in [0.5, 0.6) is 0 Å². The number of likely N-dealkylation sites (tertiary alicyclic amines) is 1. The van der Waals surface area contributed by atoms with Gasteiger partial charge in [-0.3, -0.25) is 0 Å². The van der Waals surface area contributed by atoms with E-state index < -0.39 is 20.7 Å². The molecule has 1 saturated heterocycles. The van der Waals surface area contributed by atoms with E-state index in [0.29, 0.717) is 0 Å². The first kappa shape index (κ1) is 15.2. The quantitative estimate of drug-likeness (QED) is 0.819. The Kier molecular flexibility index (Phi) is 4.62. The van der Waals surface area contributed by atoms with Crippen molar-refractivity contribution in [2.24, 2.45) is 0 Å². The molecule has 5 nitrogen and oxygen atoms in total. The van der Waals surface area contributed by atoms with Crippen LogP contribution in [0.4, 0.5) is 10.1 Å². The summed E-state index contributed by atoms with van der Waals surface area (Å²) in [6, 6.07) is 3.70. The zero-order chi connectivity index (χ0) is 14.8. The molecule has 1 fully saturated rings. The van der Waals surface area contributed by atoms with Crippen LogP contribution in [0.3, 0.4) is 0 Å². The van der Waals surface area contributed by atoms with Crippen LogP contribution in [0.15, 0.2) is 23.1 Å². The smallest absolute Gasteiger partial charge is 0.243 e. The lowest BCUT2D eigenvalue weighted by Crippen LogP contribution is -2.44. The third-order valence-electron chi connectivity index (χ3n) is 3.68. The average Bonchev–Trinajstić information content (AvgIpc) is 2.40. The van der Waals surface area contributed by atoms with Gasteiger partial charge in [-0.25, -0.2) is 17.5 Å². The van der Waals surface area contributed by atoms with Crippen LogP contribution in [-0.4, -0.2) is 39.5 Å². The average molecular weight is 301 g/mol. The summed E-state index contributed by atoms with van der Waals surface area (Å²) in [5.74, 6) is -0.788. The van der Waals surface area contributed by atoms with Crippen LogP contribution in [-0.2, 0) is 10.0 Å². The van der Waals surface area contributed by atoms with E-state index in [1.54, 1.807) is 0 Å². The number of nitrogens with one attached hydrogen (secondary N) is 1. The predicted octanol–water partition coefficient (Wildman–Crippen LogP) is 1.17. The van der Waals surface area contributed by atoms with Gasteiger partial charge in [0.25, 0.3) is 0 Å². The molecule has 0 amide bonds. The first-order chi connectivity index (χ1) is 9.40. The molecule has 3 N–H and O–H groups in total. The van der Waals surface area contributed by atoms with E-state index in [2.05, 4.69) is 9.62 Å². The van der Waals surface area contributed by atoms with E-state index in [0.717, 1.165) is 37.9 Å². The standard InChI is InChI=1S/C13H20FN3O2S/c1-17-7-3-2-4-11(17)9-16-20(18,19)13-8-10(15)5-6-12(13)14/h5-6,8,11,16H,2-4,7,9,15H2,1H3. The van der Waals surface area contributed by atoms with E-state index in [1.165, 1.54) is 6.07 Å². The van der Waals surface area contributed by atoms with Gasteiger partial charge in [-0.05, 0) is 44.6 Å². The number of hydrogen-bond donors (Lipinski definition) is 2. The summed E-state index contributed by atoms with van der Waals surface area (Å²) >= 11 is 0. The Morgan fingerprint density at radius 2 is 2.20 bits per heavy atom. The van der Waals surface area contributed by atoms with Gasteiger partial charge in [-0.2, -0.15) is 0 Å². The van der Waals surface area contributed by atoms with Crippen molar-refractivity contribution in [2.75, 3.05) is 25.9 Å². The molecule has 0 aromatic heterocycles. The highest BCUT2D eigenvalue weighted by Crippen LogP contribution is 2.19. The van der Waals surface area contributed by atoms with Crippen LogP contribution >= 0.6 is 0 Å². The van der Waals surface area contributed by atoms with Crippen LogP contribution in [0, 0.1) is 5.82 Å². The van der Waals surface area contributed by atoms with E-state index in [9.17, 15) is 12.8 Å². The van der Waals surface area contributed by atoms with Gasteiger partial charge in [0, 0.05) is 18.3 Å². The molecule has 112 valence electrons. The maximum atomic E-state index is 13.6. The Balaban J connectivity index is 2.09. The first-order valence-corrected chi connectivity index (χ1v) is 8.13. The Morgan fingerprint density at radius 1 is 1.45 bits per heavy atom. The number of rotatable bonds is 4. The van der Waals surface area contributed by atoms with E-state index in [1.807, 2.05) is 7.05 Å². The number of nitrogens with two attached hydrogens (primary N) is 1. The number of nitrogens with zero attached hydrogens (tertiary/aromatic N) is 1. The number of likely N-dealkylation sites (N-methyl/N-ethyl adjacent to an activating group) is 1. The van der Waals surface area contributed by atoms with Gasteiger partial charge >= 0.3 is 0 Å². The molecule has 0 spiro atoms. The lowest BCUT2D eigenvalue weighted by Gasteiger charge is -2.32. The van der Waals surface area contributed by atoms with Crippen molar-refractivity contribution in [1.82, 2.24) is 9.62 Å². The highest BCUT2D eigenvalue weighted by Gasteiger charge is 2.24. The number of nitrogen functional groups attached to an aromatic ring is 1. The molecule has 0 aliphatic carbocycles. The van der Waals surface area contributed by atoms with Crippen molar-refractivity contribution in [2.45, 2.75) is 30.2 Å². The molecule has 0 saturated carbocycles. The highest BCUT2D eigenvalue weighted by atomic mass is 32.2. The minimum atomic E-state index is -3.87. The van der Waals surface area contributed by atoms with Crippen molar-refractivity contribution in [3.63, 3.8) is 0 Å². The van der Waals surface area contributed by atoms with Crippen molar-refractivity contribution in [1.29, 1.82) is 0 Å². The molecular formula is C13H20FN3O2S. The molecule has 1 unspecified atom stereocenters.